The van der Waals surface area contributed by atoms with E-state index in [1.54, 1.807) is 25.1 Å². The molecular formula is C13H14ClN3O4S. The second kappa shape index (κ2) is 6.89. The summed E-state index contributed by atoms with van der Waals surface area (Å²) >= 11 is 5.57. The highest BCUT2D eigenvalue weighted by Crippen LogP contribution is 2.28. The van der Waals surface area contributed by atoms with Gasteiger partial charge < -0.3 is 9.47 Å². The van der Waals surface area contributed by atoms with Crippen LogP contribution in [0.2, 0.25) is 0 Å². The van der Waals surface area contributed by atoms with E-state index in [1.165, 1.54) is 13.2 Å². The molecule has 0 saturated carbocycles. The van der Waals surface area contributed by atoms with Gasteiger partial charge in [-0.2, -0.15) is 9.97 Å². The Morgan fingerprint density at radius 3 is 2.59 bits per heavy atom. The number of sulfone groups is 1. The minimum Gasteiger partial charge on any atom is -0.491 e. The van der Waals surface area contributed by atoms with Gasteiger partial charge in [0, 0.05) is 0 Å². The molecule has 0 aliphatic carbocycles. The van der Waals surface area contributed by atoms with Crippen LogP contribution in [-0.2, 0) is 9.84 Å². The van der Waals surface area contributed by atoms with Gasteiger partial charge in [0.1, 0.15) is 23.1 Å². The Kier molecular flexibility index (Phi) is 5.15. The van der Waals surface area contributed by atoms with E-state index in [0.29, 0.717) is 0 Å². The molecule has 2 rings (SSSR count). The third-order valence-corrected chi connectivity index (χ3v) is 4.34. The molecule has 22 heavy (non-hydrogen) atoms. The minimum absolute atomic E-state index is 0.0345. The Morgan fingerprint density at radius 1 is 1.18 bits per heavy atom. The first-order valence-electron chi connectivity index (χ1n) is 6.28. The Labute approximate surface area is 133 Å². The van der Waals surface area contributed by atoms with E-state index in [-0.39, 0.29) is 35.0 Å². The third kappa shape index (κ3) is 3.45. The van der Waals surface area contributed by atoms with Crippen molar-refractivity contribution in [2.45, 2.75) is 17.0 Å². The van der Waals surface area contributed by atoms with Crippen LogP contribution in [0, 0.1) is 6.92 Å². The molecule has 0 aliphatic heterocycles. The van der Waals surface area contributed by atoms with Gasteiger partial charge in [-0.25, -0.2) is 13.4 Å². The quantitative estimate of drug-likeness (QED) is 0.736. The SMILES string of the molecule is COc1nc(C)nc(S(=O)(=O)c2ccccc2OCCCl)n1. The molecule has 0 amide bonds. The molecule has 0 spiro atoms. The van der Waals surface area contributed by atoms with Gasteiger partial charge in [-0.1, -0.05) is 12.1 Å². The molecule has 1 aromatic heterocycles. The van der Waals surface area contributed by atoms with E-state index >= 15 is 0 Å². The van der Waals surface area contributed by atoms with Crippen LogP contribution < -0.4 is 9.47 Å². The zero-order valence-corrected chi connectivity index (χ0v) is 13.6. The molecule has 0 bridgehead atoms. The minimum atomic E-state index is -3.97. The lowest BCUT2D eigenvalue weighted by Crippen LogP contribution is -2.12. The van der Waals surface area contributed by atoms with E-state index in [2.05, 4.69) is 15.0 Å². The van der Waals surface area contributed by atoms with E-state index in [9.17, 15) is 8.42 Å². The van der Waals surface area contributed by atoms with Crippen LogP contribution in [0.1, 0.15) is 5.82 Å². The first-order chi connectivity index (χ1) is 10.5. The van der Waals surface area contributed by atoms with Crippen molar-refractivity contribution in [1.82, 2.24) is 15.0 Å². The molecular weight excluding hydrogens is 330 g/mol. The molecule has 0 N–H and O–H groups in total. The first-order valence-corrected chi connectivity index (χ1v) is 8.30. The predicted molar refractivity (Wildman–Crippen MR) is 79.2 cm³/mol. The van der Waals surface area contributed by atoms with Gasteiger partial charge in [0.2, 0.25) is 9.84 Å². The number of methoxy groups -OCH3 is 1. The Bertz CT molecular complexity index is 768. The Hall–Kier alpha value is -1.93. The van der Waals surface area contributed by atoms with Gasteiger partial charge in [0.15, 0.2) is 0 Å². The first kappa shape index (κ1) is 16.4. The number of nitrogens with zero attached hydrogens (tertiary/aromatic N) is 3. The van der Waals surface area contributed by atoms with Crippen molar-refractivity contribution >= 4 is 21.4 Å². The molecule has 2 aromatic rings. The van der Waals surface area contributed by atoms with Gasteiger partial charge in [0.05, 0.1) is 13.0 Å². The van der Waals surface area contributed by atoms with Crippen molar-refractivity contribution in [2.24, 2.45) is 0 Å². The van der Waals surface area contributed by atoms with Crippen LogP contribution in [0.25, 0.3) is 0 Å². The summed E-state index contributed by atoms with van der Waals surface area (Å²) in [6, 6.07) is 6.16. The monoisotopic (exact) mass is 343 g/mol. The number of aryl methyl sites for hydroxylation is 1. The summed E-state index contributed by atoms with van der Waals surface area (Å²) in [6.07, 6.45) is 0. The van der Waals surface area contributed by atoms with Crippen LogP contribution in [-0.4, -0.2) is 43.0 Å². The summed E-state index contributed by atoms with van der Waals surface area (Å²) in [6.45, 7) is 1.74. The normalized spacial score (nSPS) is 11.2. The van der Waals surface area contributed by atoms with Crippen LogP contribution in [0.4, 0.5) is 0 Å². The lowest BCUT2D eigenvalue weighted by atomic mass is 10.3. The Balaban J connectivity index is 2.53. The third-order valence-electron chi connectivity index (χ3n) is 2.60. The molecule has 0 radical (unpaired) electrons. The van der Waals surface area contributed by atoms with Crippen molar-refractivity contribution in [3.8, 4) is 11.8 Å². The average Bonchev–Trinajstić information content (AvgIpc) is 2.52. The zero-order chi connectivity index (χ0) is 16.2. The molecule has 0 unspecified atom stereocenters. The number of alkyl halides is 1. The maximum absolute atomic E-state index is 12.7. The number of para-hydroxylation sites is 1. The molecule has 1 heterocycles. The number of hydrogen-bond donors (Lipinski definition) is 0. The lowest BCUT2D eigenvalue weighted by molar-refractivity contribution is 0.333. The fourth-order valence-electron chi connectivity index (χ4n) is 1.68. The van der Waals surface area contributed by atoms with Crippen molar-refractivity contribution in [2.75, 3.05) is 19.6 Å². The fraction of sp³-hybridized carbons (Fsp3) is 0.308. The molecule has 118 valence electrons. The summed E-state index contributed by atoms with van der Waals surface area (Å²) in [4.78, 5) is 11.5. The van der Waals surface area contributed by atoms with Crippen molar-refractivity contribution in [1.29, 1.82) is 0 Å². The van der Waals surface area contributed by atoms with Gasteiger partial charge in [-0.05, 0) is 19.1 Å². The summed E-state index contributed by atoms with van der Waals surface area (Å²) in [5.41, 5.74) is 0. The number of hydrogen-bond acceptors (Lipinski definition) is 7. The number of benzene rings is 1. The van der Waals surface area contributed by atoms with Crippen molar-refractivity contribution < 1.29 is 17.9 Å². The molecule has 0 saturated heterocycles. The molecule has 0 atom stereocenters. The summed E-state index contributed by atoms with van der Waals surface area (Å²) in [5, 5.41) is -0.390. The lowest BCUT2D eigenvalue weighted by Gasteiger charge is -2.10. The second-order valence-corrected chi connectivity index (χ2v) is 6.33. The summed E-state index contributed by atoms with van der Waals surface area (Å²) in [5.74, 6) is 0.678. The summed E-state index contributed by atoms with van der Waals surface area (Å²) < 4.78 is 35.7. The van der Waals surface area contributed by atoms with Crippen molar-refractivity contribution in [3.63, 3.8) is 0 Å². The van der Waals surface area contributed by atoms with Gasteiger partial charge >= 0.3 is 6.01 Å². The van der Waals surface area contributed by atoms with E-state index in [4.69, 9.17) is 21.1 Å². The fourth-order valence-corrected chi connectivity index (χ4v) is 3.06. The second-order valence-electron chi connectivity index (χ2n) is 4.14. The number of ether oxygens (including phenoxy) is 2. The number of aromatic nitrogens is 3. The predicted octanol–water partition coefficient (Wildman–Crippen LogP) is 1.64. The highest BCUT2D eigenvalue weighted by molar-refractivity contribution is 7.91. The van der Waals surface area contributed by atoms with E-state index < -0.39 is 15.0 Å². The summed E-state index contributed by atoms with van der Waals surface area (Å²) in [7, 11) is -2.62. The van der Waals surface area contributed by atoms with Crippen LogP contribution >= 0.6 is 11.6 Å². The topological polar surface area (TPSA) is 91.3 Å². The van der Waals surface area contributed by atoms with Crippen LogP contribution in [0.3, 0.4) is 0 Å². The maximum Gasteiger partial charge on any atom is 0.320 e. The van der Waals surface area contributed by atoms with E-state index in [1.807, 2.05) is 0 Å². The van der Waals surface area contributed by atoms with Gasteiger partial charge in [-0.15, -0.1) is 11.6 Å². The smallest absolute Gasteiger partial charge is 0.320 e. The van der Waals surface area contributed by atoms with Gasteiger partial charge in [-0.3, -0.25) is 0 Å². The van der Waals surface area contributed by atoms with Crippen molar-refractivity contribution in [3.05, 3.63) is 30.1 Å². The average molecular weight is 344 g/mol. The van der Waals surface area contributed by atoms with Gasteiger partial charge in [0.25, 0.3) is 5.16 Å². The zero-order valence-electron chi connectivity index (χ0n) is 12.0. The standard InChI is InChI=1S/C13H14ClN3O4S/c1-9-15-12(20-2)17-13(16-9)22(18,19)11-6-4-3-5-10(11)21-8-7-14/h3-6H,7-8H2,1-2H3. The van der Waals surface area contributed by atoms with E-state index in [0.717, 1.165) is 0 Å². The number of rotatable bonds is 6. The van der Waals surface area contributed by atoms with Crippen LogP contribution in [0.5, 0.6) is 11.8 Å². The van der Waals surface area contributed by atoms with Crippen LogP contribution in [0.15, 0.2) is 34.3 Å². The molecule has 7 nitrogen and oxygen atoms in total. The molecule has 1 aromatic carbocycles. The largest absolute Gasteiger partial charge is 0.491 e. The maximum atomic E-state index is 12.7. The molecule has 0 aliphatic rings. The number of halogens is 1. The highest BCUT2D eigenvalue weighted by atomic mass is 35.5. The molecule has 0 fully saturated rings. The Morgan fingerprint density at radius 2 is 1.91 bits per heavy atom. The molecule has 9 heteroatoms. The highest BCUT2D eigenvalue weighted by Gasteiger charge is 2.26.